The summed E-state index contributed by atoms with van der Waals surface area (Å²) in [6, 6.07) is 17.3. The van der Waals surface area contributed by atoms with Gasteiger partial charge in [0.25, 0.3) is 5.91 Å². The van der Waals surface area contributed by atoms with Crippen LogP contribution in [0, 0.1) is 0 Å². The minimum Gasteiger partial charge on any atom is -0.351 e. The molecular weight excluding hydrogens is 368 g/mol. The molecule has 1 aliphatic rings. The molecule has 7 nitrogen and oxygen atoms in total. The van der Waals surface area contributed by atoms with Crippen molar-refractivity contribution in [3.05, 3.63) is 66.2 Å². The van der Waals surface area contributed by atoms with Crippen LogP contribution in [0.4, 0.5) is 10.5 Å². The molecule has 0 aromatic heterocycles. The lowest BCUT2D eigenvalue weighted by molar-refractivity contribution is -0.123. The Kier molecular flexibility index (Phi) is 6.84. The van der Waals surface area contributed by atoms with Crippen molar-refractivity contribution in [3.63, 3.8) is 0 Å². The summed E-state index contributed by atoms with van der Waals surface area (Å²) in [6.45, 7) is 2.79. The lowest BCUT2D eigenvalue weighted by atomic mass is 10.0. The molecule has 1 aliphatic heterocycles. The normalized spacial score (nSPS) is 15.3. The van der Waals surface area contributed by atoms with Gasteiger partial charge in [-0.3, -0.25) is 9.59 Å². The number of carbonyl (C=O) groups is 3. The van der Waals surface area contributed by atoms with Gasteiger partial charge in [-0.05, 0) is 44.0 Å². The van der Waals surface area contributed by atoms with Gasteiger partial charge in [-0.1, -0.05) is 36.4 Å². The van der Waals surface area contributed by atoms with Crippen molar-refractivity contribution in [2.45, 2.75) is 31.8 Å². The topological polar surface area (TPSA) is 90.5 Å². The second-order valence-electron chi connectivity index (χ2n) is 7.13. The van der Waals surface area contributed by atoms with E-state index in [4.69, 9.17) is 0 Å². The molecule has 1 atom stereocenters. The largest absolute Gasteiger partial charge is 0.351 e. The first-order valence-corrected chi connectivity index (χ1v) is 9.80. The van der Waals surface area contributed by atoms with E-state index in [1.807, 2.05) is 36.4 Å². The molecule has 3 rings (SSSR count). The van der Waals surface area contributed by atoms with Crippen molar-refractivity contribution in [2.24, 2.45) is 0 Å². The van der Waals surface area contributed by atoms with E-state index in [0.717, 1.165) is 5.69 Å². The van der Waals surface area contributed by atoms with Crippen LogP contribution in [0.3, 0.4) is 0 Å². The van der Waals surface area contributed by atoms with Gasteiger partial charge in [-0.2, -0.15) is 0 Å². The predicted octanol–water partition coefficient (Wildman–Crippen LogP) is 2.62. The van der Waals surface area contributed by atoms with E-state index in [-0.39, 0.29) is 23.9 Å². The average Bonchev–Trinajstić information content (AvgIpc) is 2.75. The van der Waals surface area contributed by atoms with E-state index < -0.39 is 6.04 Å². The Morgan fingerprint density at radius 1 is 0.931 bits per heavy atom. The minimum absolute atomic E-state index is 0.0145. The first kappa shape index (κ1) is 20.4. The van der Waals surface area contributed by atoms with E-state index >= 15 is 0 Å². The highest BCUT2D eigenvalue weighted by Gasteiger charge is 2.26. The molecule has 0 radical (unpaired) electrons. The van der Waals surface area contributed by atoms with Crippen LogP contribution in [0.25, 0.3) is 0 Å². The van der Waals surface area contributed by atoms with Crippen LogP contribution in [0.15, 0.2) is 60.7 Å². The first-order chi connectivity index (χ1) is 14.0. The molecule has 4 amide bonds. The van der Waals surface area contributed by atoms with E-state index in [1.165, 1.54) is 0 Å². The van der Waals surface area contributed by atoms with E-state index in [2.05, 4.69) is 16.0 Å². The molecule has 0 aliphatic carbocycles. The number of para-hydroxylation sites is 1. The summed E-state index contributed by atoms with van der Waals surface area (Å²) in [5, 5.41) is 8.56. The molecule has 3 N–H and O–H groups in total. The maximum absolute atomic E-state index is 12.4. The van der Waals surface area contributed by atoms with Gasteiger partial charge in [0, 0.05) is 30.4 Å². The second-order valence-corrected chi connectivity index (χ2v) is 7.13. The fraction of sp³-hybridized carbons (Fsp3) is 0.318. The van der Waals surface area contributed by atoms with E-state index in [9.17, 15) is 14.4 Å². The fourth-order valence-corrected chi connectivity index (χ4v) is 3.21. The van der Waals surface area contributed by atoms with Gasteiger partial charge in [-0.25, -0.2) is 4.79 Å². The number of nitrogens with zero attached hydrogens (tertiary/aromatic N) is 1. The molecule has 2 aromatic carbocycles. The van der Waals surface area contributed by atoms with Crippen LogP contribution in [0.5, 0.6) is 0 Å². The number of amides is 4. The number of hydrogen-bond donors (Lipinski definition) is 3. The van der Waals surface area contributed by atoms with Gasteiger partial charge >= 0.3 is 6.03 Å². The SMILES string of the molecule is C[C@H](NC(=O)c1ccccc1)C(=O)NC1CCN(C(=O)Nc2ccccc2)CC1. The lowest BCUT2D eigenvalue weighted by Crippen LogP contribution is -2.52. The summed E-state index contributed by atoms with van der Waals surface area (Å²) >= 11 is 0. The average molecular weight is 394 g/mol. The third kappa shape index (κ3) is 5.81. The maximum atomic E-state index is 12.4. The third-order valence-electron chi connectivity index (χ3n) is 4.93. The summed E-state index contributed by atoms with van der Waals surface area (Å²) in [4.78, 5) is 38.7. The number of benzene rings is 2. The molecule has 152 valence electrons. The van der Waals surface area contributed by atoms with Crippen LogP contribution in [0.2, 0.25) is 0 Å². The number of hydrogen-bond acceptors (Lipinski definition) is 3. The van der Waals surface area contributed by atoms with Gasteiger partial charge in [-0.15, -0.1) is 0 Å². The molecule has 0 saturated carbocycles. The molecule has 29 heavy (non-hydrogen) atoms. The summed E-state index contributed by atoms with van der Waals surface area (Å²) in [7, 11) is 0. The van der Waals surface area contributed by atoms with Gasteiger partial charge in [0.05, 0.1) is 0 Å². The predicted molar refractivity (Wildman–Crippen MR) is 112 cm³/mol. The smallest absolute Gasteiger partial charge is 0.321 e. The number of rotatable bonds is 5. The van der Waals surface area contributed by atoms with Gasteiger partial charge in [0.2, 0.25) is 5.91 Å². The zero-order valence-corrected chi connectivity index (χ0v) is 16.4. The number of carbonyl (C=O) groups excluding carboxylic acids is 3. The Balaban J connectivity index is 1.42. The second kappa shape index (κ2) is 9.73. The monoisotopic (exact) mass is 394 g/mol. The van der Waals surface area contributed by atoms with Crippen molar-refractivity contribution < 1.29 is 14.4 Å². The summed E-state index contributed by atoms with van der Waals surface area (Å²) in [5.41, 5.74) is 1.28. The van der Waals surface area contributed by atoms with Crippen molar-refractivity contribution in [1.29, 1.82) is 0 Å². The van der Waals surface area contributed by atoms with Gasteiger partial charge < -0.3 is 20.9 Å². The molecule has 7 heteroatoms. The highest BCUT2D eigenvalue weighted by molar-refractivity contribution is 5.97. The Hall–Kier alpha value is -3.35. The van der Waals surface area contributed by atoms with E-state index in [0.29, 0.717) is 31.5 Å². The maximum Gasteiger partial charge on any atom is 0.321 e. The first-order valence-electron chi connectivity index (χ1n) is 9.80. The number of nitrogens with one attached hydrogen (secondary N) is 3. The Labute approximate surface area is 170 Å². The molecule has 1 fully saturated rings. The lowest BCUT2D eigenvalue weighted by Gasteiger charge is -2.33. The summed E-state index contributed by atoms with van der Waals surface area (Å²) in [6.07, 6.45) is 1.35. The van der Waals surface area contributed by atoms with Crippen molar-refractivity contribution in [1.82, 2.24) is 15.5 Å². The van der Waals surface area contributed by atoms with E-state index in [1.54, 1.807) is 36.1 Å². The van der Waals surface area contributed by atoms with Crippen molar-refractivity contribution in [2.75, 3.05) is 18.4 Å². The minimum atomic E-state index is -0.637. The zero-order valence-electron chi connectivity index (χ0n) is 16.4. The van der Waals surface area contributed by atoms with Crippen LogP contribution in [0.1, 0.15) is 30.1 Å². The highest BCUT2D eigenvalue weighted by Crippen LogP contribution is 2.13. The molecule has 2 aromatic rings. The number of anilines is 1. The Morgan fingerprint density at radius 3 is 2.14 bits per heavy atom. The number of urea groups is 1. The molecule has 1 saturated heterocycles. The van der Waals surface area contributed by atoms with Crippen LogP contribution in [-0.4, -0.2) is 47.9 Å². The fourth-order valence-electron chi connectivity index (χ4n) is 3.21. The number of likely N-dealkylation sites (tertiary alicyclic amines) is 1. The van der Waals surface area contributed by atoms with Crippen molar-refractivity contribution in [3.8, 4) is 0 Å². The molecular formula is C22H26N4O3. The summed E-state index contributed by atoms with van der Waals surface area (Å²) in [5.74, 6) is -0.498. The number of piperidine rings is 1. The third-order valence-corrected chi connectivity index (χ3v) is 4.93. The van der Waals surface area contributed by atoms with Gasteiger partial charge in [0.15, 0.2) is 0 Å². The molecule has 0 bridgehead atoms. The highest BCUT2D eigenvalue weighted by atomic mass is 16.2. The quantitative estimate of drug-likeness (QED) is 0.728. The molecule has 1 heterocycles. The Bertz CT molecular complexity index is 834. The van der Waals surface area contributed by atoms with Gasteiger partial charge in [0.1, 0.15) is 6.04 Å². The zero-order chi connectivity index (χ0) is 20.6. The van der Waals surface area contributed by atoms with Crippen LogP contribution >= 0.6 is 0 Å². The Morgan fingerprint density at radius 2 is 1.52 bits per heavy atom. The van der Waals surface area contributed by atoms with Crippen molar-refractivity contribution >= 4 is 23.5 Å². The van der Waals surface area contributed by atoms with Crippen LogP contribution < -0.4 is 16.0 Å². The van der Waals surface area contributed by atoms with Crippen LogP contribution in [-0.2, 0) is 4.79 Å². The standard InChI is InChI=1S/C22H26N4O3/c1-16(23-21(28)17-8-4-2-5-9-17)20(27)24-19-12-14-26(15-13-19)22(29)25-18-10-6-3-7-11-18/h2-11,16,19H,12-15H2,1H3,(H,23,28)(H,24,27)(H,25,29)/t16-/m0/s1. The molecule has 0 unspecified atom stereocenters. The summed E-state index contributed by atoms with van der Waals surface area (Å²) < 4.78 is 0. The molecule has 0 spiro atoms.